The number of pyridine rings is 1. The van der Waals surface area contributed by atoms with Crippen molar-refractivity contribution in [3.8, 4) is 0 Å². The second-order valence-electron chi connectivity index (χ2n) is 7.81. The zero-order valence-electron chi connectivity index (χ0n) is 17.2. The van der Waals surface area contributed by atoms with Crippen molar-refractivity contribution in [2.75, 3.05) is 13.2 Å². The molecule has 1 atom stereocenters. The molecule has 0 bridgehead atoms. The third kappa shape index (κ3) is 4.35. The van der Waals surface area contributed by atoms with Crippen molar-refractivity contribution < 1.29 is 13.9 Å². The lowest BCUT2D eigenvalue weighted by atomic mass is 10.1. The third-order valence-corrected chi connectivity index (χ3v) is 5.59. The van der Waals surface area contributed by atoms with Gasteiger partial charge in [0, 0.05) is 43.0 Å². The first-order valence-corrected chi connectivity index (χ1v) is 10.5. The Morgan fingerprint density at radius 2 is 2.03 bits per heavy atom. The van der Waals surface area contributed by atoms with Crippen molar-refractivity contribution in [3.63, 3.8) is 0 Å². The molecule has 0 aliphatic carbocycles. The zero-order valence-corrected chi connectivity index (χ0v) is 17.2. The predicted molar refractivity (Wildman–Crippen MR) is 113 cm³/mol. The van der Waals surface area contributed by atoms with Gasteiger partial charge in [-0.15, -0.1) is 0 Å². The number of furan rings is 1. The Kier molecular flexibility index (Phi) is 5.95. The number of carbonyl (C=O) groups excluding carboxylic acids is 1. The van der Waals surface area contributed by atoms with E-state index in [1.165, 1.54) is 5.56 Å². The van der Waals surface area contributed by atoms with Gasteiger partial charge in [-0.1, -0.05) is 19.4 Å². The number of hydrogen-bond acceptors (Lipinski definition) is 4. The summed E-state index contributed by atoms with van der Waals surface area (Å²) in [5.74, 6) is 0.351. The van der Waals surface area contributed by atoms with Gasteiger partial charge in [0.1, 0.15) is 5.58 Å². The van der Waals surface area contributed by atoms with Crippen LogP contribution in [-0.2, 0) is 17.7 Å². The summed E-state index contributed by atoms with van der Waals surface area (Å²) in [7, 11) is 0. The minimum absolute atomic E-state index is 0.0805. The third-order valence-electron chi connectivity index (χ3n) is 5.59. The van der Waals surface area contributed by atoms with Crippen molar-refractivity contribution in [1.29, 1.82) is 0 Å². The predicted octanol–water partition coefficient (Wildman–Crippen LogP) is 4.91. The highest BCUT2D eigenvalue weighted by Crippen LogP contribution is 2.28. The summed E-state index contributed by atoms with van der Waals surface area (Å²) in [6, 6.07) is 10.1. The number of aryl methyl sites for hydroxylation is 2. The molecule has 1 aliphatic rings. The maximum absolute atomic E-state index is 13.5. The van der Waals surface area contributed by atoms with Gasteiger partial charge in [0.05, 0.1) is 6.10 Å². The number of hydrogen-bond donors (Lipinski definition) is 0. The second-order valence-corrected chi connectivity index (χ2v) is 7.81. The molecule has 5 nitrogen and oxygen atoms in total. The maximum atomic E-state index is 13.5. The van der Waals surface area contributed by atoms with Gasteiger partial charge in [-0.25, -0.2) is 0 Å². The Morgan fingerprint density at radius 3 is 2.76 bits per heavy atom. The lowest BCUT2D eigenvalue weighted by Gasteiger charge is -2.25. The molecule has 1 fully saturated rings. The van der Waals surface area contributed by atoms with Crippen LogP contribution in [0.5, 0.6) is 0 Å². The first kappa shape index (κ1) is 19.6. The van der Waals surface area contributed by atoms with Crippen LogP contribution in [0.15, 0.2) is 47.1 Å². The maximum Gasteiger partial charge on any atom is 0.290 e. The number of amides is 1. The van der Waals surface area contributed by atoms with Crippen LogP contribution in [0, 0.1) is 6.92 Å². The highest BCUT2D eigenvalue weighted by atomic mass is 16.5. The first-order chi connectivity index (χ1) is 14.2. The molecule has 0 unspecified atom stereocenters. The van der Waals surface area contributed by atoms with Crippen molar-refractivity contribution in [2.24, 2.45) is 0 Å². The number of fused-ring (bicyclic) bond motifs is 1. The Bertz CT molecular complexity index is 974. The number of rotatable bonds is 7. The van der Waals surface area contributed by atoms with Crippen LogP contribution in [0.3, 0.4) is 0 Å². The molecule has 0 radical (unpaired) electrons. The number of nitrogens with zero attached hydrogens (tertiary/aromatic N) is 2. The van der Waals surface area contributed by atoms with Crippen LogP contribution < -0.4 is 0 Å². The quantitative estimate of drug-likeness (QED) is 0.573. The number of benzene rings is 1. The van der Waals surface area contributed by atoms with Crippen molar-refractivity contribution >= 4 is 16.9 Å². The van der Waals surface area contributed by atoms with Gasteiger partial charge in [-0.05, 0) is 61.6 Å². The summed E-state index contributed by atoms with van der Waals surface area (Å²) in [6.07, 6.45) is 7.75. The molecule has 5 heteroatoms. The molecule has 0 spiro atoms. The van der Waals surface area contributed by atoms with E-state index in [1.54, 1.807) is 12.4 Å². The summed E-state index contributed by atoms with van der Waals surface area (Å²) in [5, 5.41) is 1.03. The molecule has 1 amide bonds. The first-order valence-electron chi connectivity index (χ1n) is 10.5. The summed E-state index contributed by atoms with van der Waals surface area (Å²) < 4.78 is 11.8. The molecule has 0 saturated carbocycles. The Morgan fingerprint density at radius 1 is 1.21 bits per heavy atom. The summed E-state index contributed by atoms with van der Waals surface area (Å²) in [4.78, 5) is 19.4. The molecule has 2 aromatic heterocycles. The molecule has 152 valence electrons. The van der Waals surface area contributed by atoms with E-state index in [-0.39, 0.29) is 12.0 Å². The van der Waals surface area contributed by atoms with E-state index in [0.717, 1.165) is 54.4 Å². The summed E-state index contributed by atoms with van der Waals surface area (Å²) in [5.41, 5.74) is 4.00. The minimum atomic E-state index is -0.0805. The van der Waals surface area contributed by atoms with Gasteiger partial charge >= 0.3 is 0 Å². The number of ether oxygens (including phenoxy) is 1. The molecule has 29 heavy (non-hydrogen) atoms. The lowest BCUT2D eigenvalue weighted by Crippen LogP contribution is -2.37. The largest absolute Gasteiger partial charge is 0.451 e. The average molecular weight is 392 g/mol. The summed E-state index contributed by atoms with van der Waals surface area (Å²) in [6.45, 7) is 6.00. The molecule has 4 rings (SSSR count). The summed E-state index contributed by atoms with van der Waals surface area (Å²) >= 11 is 0. The molecule has 1 aliphatic heterocycles. The highest BCUT2D eigenvalue weighted by molar-refractivity contribution is 5.99. The van der Waals surface area contributed by atoms with Crippen LogP contribution in [0.1, 0.15) is 53.4 Å². The van der Waals surface area contributed by atoms with E-state index >= 15 is 0 Å². The Labute approximate surface area is 171 Å². The van der Waals surface area contributed by atoms with Gasteiger partial charge < -0.3 is 14.1 Å². The fraction of sp³-hybridized carbons (Fsp3) is 0.417. The van der Waals surface area contributed by atoms with E-state index < -0.39 is 0 Å². The Hall–Kier alpha value is -2.66. The molecular weight excluding hydrogens is 364 g/mol. The van der Waals surface area contributed by atoms with E-state index in [9.17, 15) is 4.79 Å². The van der Waals surface area contributed by atoms with Crippen LogP contribution >= 0.6 is 0 Å². The van der Waals surface area contributed by atoms with E-state index in [1.807, 2.05) is 30.0 Å². The number of carbonyl (C=O) groups is 1. The molecule has 0 N–H and O–H groups in total. The van der Waals surface area contributed by atoms with Crippen LogP contribution in [-0.4, -0.2) is 35.0 Å². The van der Waals surface area contributed by atoms with Crippen molar-refractivity contribution in [2.45, 2.75) is 52.2 Å². The van der Waals surface area contributed by atoms with Crippen molar-refractivity contribution in [1.82, 2.24) is 9.88 Å². The molecule has 3 aromatic rings. The topological polar surface area (TPSA) is 55.6 Å². The molecule has 1 saturated heterocycles. The highest BCUT2D eigenvalue weighted by Gasteiger charge is 2.27. The fourth-order valence-electron chi connectivity index (χ4n) is 4.02. The van der Waals surface area contributed by atoms with Crippen LogP contribution in [0.25, 0.3) is 11.0 Å². The smallest absolute Gasteiger partial charge is 0.290 e. The van der Waals surface area contributed by atoms with E-state index in [0.29, 0.717) is 18.8 Å². The van der Waals surface area contributed by atoms with Gasteiger partial charge in [-0.3, -0.25) is 9.78 Å². The zero-order chi connectivity index (χ0) is 20.2. The van der Waals surface area contributed by atoms with Gasteiger partial charge in [0.25, 0.3) is 5.91 Å². The monoisotopic (exact) mass is 392 g/mol. The van der Waals surface area contributed by atoms with E-state index in [4.69, 9.17) is 9.15 Å². The second kappa shape index (κ2) is 8.78. The SMILES string of the molecule is CCCc1ccc2oc(C(=O)N(Cc3ccncc3)C[C@H]3CCCO3)c(C)c2c1. The minimum Gasteiger partial charge on any atom is -0.451 e. The standard InChI is InChI=1S/C24H28N2O3/c1-3-5-18-7-8-22-21(14-18)17(2)23(29-22)24(27)26(16-20-6-4-13-28-20)15-19-9-11-25-12-10-19/h7-12,14,20H,3-6,13,15-16H2,1-2H3/t20-/m1/s1. The van der Waals surface area contributed by atoms with Gasteiger partial charge in [0.2, 0.25) is 0 Å². The van der Waals surface area contributed by atoms with Crippen LogP contribution in [0.4, 0.5) is 0 Å². The fourth-order valence-corrected chi connectivity index (χ4v) is 4.02. The lowest BCUT2D eigenvalue weighted by molar-refractivity contribution is 0.0485. The molecule has 3 heterocycles. The van der Waals surface area contributed by atoms with Crippen molar-refractivity contribution in [3.05, 3.63) is 65.2 Å². The van der Waals surface area contributed by atoms with Gasteiger partial charge in [-0.2, -0.15) is 0 Å². The average Bonchev–Trinajstić information content (AvgIpc) is 3.36. The Balaban J connectivity index is 1.64. The molecule has 1 aromatic carbocycles. The normalized spacial score (nSPS) is 16.4. The number of aromatic nitrogens is 1. The van der Waals surface area contributed by atoms with E-state index in [2.05, 4.69) is 24.0 Å². The van der Waals surface area contributed by atoms with Crippen LogP contribution in [0.2, 0.25) is 0 Å². The molecular formula is C24H28N2O3. The van der Waals surface area contributed by atoms with Gasteiger partial charge in [0.15, 0.2) is 5.76 Å².